The second-order valence-corrected chi connectivity index (χ2v) is 12.5. The lowest BCUT2D eigenvalue weighted by Crippen LogP contribution is -2.49. The van der Waals surface area contributed by atoms with Crippen LogP contribution in [0.25, 0.3) is 16.7 Å². The molecule has 41 heavy (non-hydrogen) atoms. The molecule has 2 saturated heterocycles. The number of aliphatic imine (C=N–C) groups is 1. The SMILES string of the molecule is C#CC(C)(/N=C\C(=C/C)c1nc(N2CCOCC2)c2nc(N3CCN(S(=C)(C)=O)CC3)n(CC(F)(F)F)c2n1)NC. The maximum absolute atomic E-state index is 14.0. The van der Waals surface area contributed by atoms with Crippen molar-refractivity contribution in [3.63, 3.8) is 0 Å². The molecule has 0 amide bonds. The number of hydrogen-bond donors (Lipinski definition) is 1. The number of imidazole rings is 1. The highest BCUT2D eigenvalue weighted by molar-refractivity contribution is 7.97. The average Bonchev–Trinajstić information content (AvgIpc) is 3.29. The number of fused-ring (bicyclic) bond motifs is 1. The van der Waals surface area contributed by atoms with Crippen LogP contribution in [0.4, 0.5) is 24.9 Å². The molecule has 0 radical (unpaired) electrons. The second kappa shape index (κ2) is 12.0. The van der Waals surface area contributed by atoms with E-state index in [2.05, 4.69) is 27.1 Å². The molecular formula is C26H36F3N9O2S. The summed E-state index contributed by atoms with van der Waals surface area (Å²) < 4.78 is 62.7. The number of rotatable bonds is 8. The van der Waals surface area contributed by atoms with Crippen LogP contribution in [0, 0.1) is 12.3 Å². The van der Waals surface area contributed by atoms with Gasteiger partial charge in [-0.3, -0.25) is 19.1 Å². The smallest absolute Gasteiger partial charge is 0.378 e. The number of piperazine rings is 1. The van der Waals surface area contributed by atoms with Crippen molar-refractivity contribution in [3.8, 4) is 12.3 Å². The highest BCUT2D eigenvalue weighted by Gasteiger charge is 2.35. The van der Waals surface area contributed by atoms with E-state index in [0.29, 0.717) is 63.9 Å². The molecule has 0 saturated carbocycles. The molecule has 4 heterocycles. The van der Waals surface area contributed by atoms with Crippen LogP contribution in [0.5, 0.6) is 0 Å². The van der Waals surface area contributed by atoms with Crippen LogP contribution in [-0.2, 0) is 21.0 Å². The third-order valence-electron chi connectivity index (χ3n) is 7.07. The normalized spacial score (nSPS) is 20.8. The lowest BCUT2D eigenvalue weighted by molar-refractivity contribution is -0.139. The molecule has 0 aromatic carbocycles. The van der Waals surface area contributed by atoms with Gasteiger partial charge >= 0.3 is 6.18 Å². The monoisotopic (exact) mass is 595 g/mol. The first-order chi connectivity index (χ1) is 19.3. The van der Waals surface area contributed by atoms with E-state index >= 15 is 0 Å². The molecule has 224 valence electrons. The van der Waals surface area contributed by atoms with Gasteiger partial charge in [0.2, 0.25) is 5.95 Å². The van der Waals surface area contributed by atoms with Gasteiger partial charge in [0.25, 0.3) is 0 Å². The van der Waals surface area contributed by atoms with Gasteiger partial charge in [0.15, 0.2) is 28.5 Å². The fourth-order valence-corrected chi connectivity index (χ4v) is 5.51. The van der Waals surface area contributed by atoms with Crippen molar-refractivity contribution in [1.82, 2.24) is 29.1 Å². The van der Waals surface area contributed by atoms with E-state index < -0.39 is 28.1 Å². The van der Waals surface area contributed by atoms with Crippen molar-refractivity contribution in [2.45, 2.75) is 32.2 Å². The van der Waals surface area contributed by atoms with E-state index in [-0.39, 0.29) is 22.9 Å². The first-order valence-corrected chi connectivity index (χ1v) is 15.3. The zero-order chi connectivity index (χ0) is 30.0. The highest BCUT2D eigenvalue weighted by atomic mass is 32.2. The number of halogens is 3. The van der Waals surface area contributed by atoms with E-state index in [9.17, 15) is 17.4 Å². The largest absolute Gasteiger partial charge is 0.406 e. The number of morpholine rings is 1. The van der Waals surface area contributed by atoms with Crippen LogP contribution < -0.4 is 15.1 Å². The lowest BCUT2D eigenvalue weighted by Gasteiger charge is -2.35. The molecule has 2 aromatic heterocycles. The summed E-state index contributed by atoms with van der Waals surface area (Å²) in [5, 5.41) is 2.94. The molecule has 2 aliphatic rings. The van der Waals surface area contributed by atoms with Crippen molar-refractivity contribution in [3.05, 3.63) is 11.9 Å². The fraction of sp³-hybridized carbons (Fsp3) is 0.577. The first-order valence-electron chi connectivity index (χ1n) is 13.2. The Morgan fingerprint density at radius 3 is 2.37 bits per heavy atom. The van der Waals surface area contributed by atoms with Crippen molar-refractivity contribution < 1.29 is 22.1 Å². The van der Waals surface area contributed by atoms with Gasteiger partial charge in [-0.2, -0.15) is 13.2 Å². The Morgan fingerprint density at radius 1 is 1.17 bits per heavy atom. The number of nitrogens with zero attached hydrogens (tertiary/aromatic N) is 8. The number of aromatic nitrogens is 4. The van der Waals surface area contributed by atoms with Gasteiger partial charge in [-0.05, 0) is 26.8 Å². The second-order valence-electron chi connectivity index (χ2n) is 10.1. The molecule has 2 unspecified atom stereocenters. The van der Waals surface area contributed by atoms with E-state index in [0.717, 1.165) is 4.57 Å². The van der Waals surface area contributed by atoms with Crippen LogP contribution in [-0.4, -0.2) is 118 Å². The van der Waals surface area contributed by atoms with Crippen molar-refractivity contribution in [1.29, 1.82) is 0 Å². The third kappa shape index (κ3) is 7.00. The van der Waals surface area contributed by atoms with Crippen LogP contribution in [0.3, 0.4) is 0 Å². The van der Waals surface area contributed by atoms with Crippen LogP contribution >= 0.6 is 0 Å². The summed E-state index contributed by atoms with van der Waals surface area (Å²) in [6, 6.07) is 0. The Hall–Kier alpha value is -3.19. The van der Waals surface area contributed by atoms with E-state index in [1.54, 1.807) is 42.4 Å². The van der Waals surface area contributed by atoms with Gasteiger partial charge in [0.1, 0.15) is 6.54 Å². The van der Waals surface area contributed by atoms with Gasteiger partial charge < -0.3 is 14.5 Å². The zero-order valence-corrected chi connectivity index (χ0v) is 24.6. The topological polar surface area (TPSA) is 104 Å². The fourth-order valence-electron chi connectivity index (χ4n) is 4.57. The van der Waals surface area contributed by atoms with Gasteiger partial charge in [-0.15, -0.1) is 6.42 Å². The summed E-state index contributed by atoms with van der Waals surface area (Å²) in [5.74, 6) is 7.05. The Balaban J connectivity index is 1.88. The molecule has 2 fully saturated rings. The van der Waals surface area contributed by atoms with Crippen LogP contribution in [0.15, 0.2) is 11.1 Å². The third-order valence-corrected chi connectivity index (χ3v) is 8.53. The van der Waals surface area contributed by atoms with Gasteiger partial charge in [0, 0.05) is 67.0 Å². The minimum atomic E-state index is -4.54. The Kier molecular flexibility index (Phi) is 8.98. The predicted molar refractivity (Wildman–Crippen MR) is 158 cm³/mol. The summed E-state index contributed by atoms with van der Waals surface area (Å²) >= 11 is 0. The maximum atomic E-state index is 14.0. The Morgan fingerprint density at radius 2 is 1.83 bits per heavy atom. The maximum Gasteiger partial charge on any atom is 0.406 e. The number of terminal acetylenes is 1. The Labute approximate surface area is 238 Å². The Bertz CT molecular complexity index is 1470. The zero-order valence-electron chi connectivity index (χ0n) is 23.7. The number of allylic oxidation sites excluding steroid dienone is 2. The number of anilines is 2. The minimum Gasteiger partial charge on any atom is -0.378 e. The molecule has 0 bridgehead atoms. The molecule has 0 aliphatic carbocycles. The van der Waals surface area contributed by atoms with E-state index in [1.807, 2.05) is 4.90 Å². The number of alkyl halides is 3. The lowest BCUT2D eigenvalue weighted by atomic mass is 10.2. The molecule has 15 heteroatoms. The van der Waals surface area contributed by atoms with E-state index in [4.69, 9.17) is 21.1 Å². The standard InChI is InChI=1S/C26H36F3N9O2S/c1-7-19(17-31-25(3,8-2)30-4)21-33-22(35-13-15-40-16-14-35)20-23(34-21)38(18-26(27,28)29)24(32-20)36-9-11-37(12-10-36)41(5,6)39/h2,7,17,30H,5,9-16,18H2,1,3-4,6H3/b19-7+,31-17-. The molecular weight excluding hydrogens is 559 g/mol. The van der Waals surface area contributed by atoms with Gasteiger partial charge in [-0.25, -0.2) is 19.3 Å². The summed E-state index contributed by atoms with van der Waals surface area (Å²) in [4.78, 5) is 22.3. The summed E-state index contributed by atoms with van der Waals surface area (Å²) in [6.07, 6.45) is 5.89. The summed E-state index contributed by atoms with van der Waals surface area (Å²) in [6.45, 7) is 5.49. The van der Waals surface area contributed by atoms with Crippen molar-refractivity contribution in [2.75, 3.05) is 75.6 Å². The van der Waals surface area contributed by atoms with E-state index in [1.165, 1.54) is 6.21 Å². The molecule has 2 aromatic rings. The van der Waals surface area contributed by atoms with Crippen LogP contribution in [0.2, 0.25) is 0 Å². The first kappa shape index (κ1) is 30.8. The summed E-state index contributed by atoms with van der Waals surface area (Å²) in [5.41, 5.74) is -0.177. The van der Waals surface area contributed by atoms with Crippen molar-refractivity contribution >= 4 is 50.3 Å². The summed E-state index contributed by atoms with van der Waals surface area (Å²) in [7, 11) is -0.752. The number of hydrogen-bond acceptors (Lipinski definition) is 9. The van der Waals surface area contributed by atoms with Gasteiger partial charge in [-0.1, -0.05) is 12.0 Å². The minimum absolute atomic E-state index is 0.0590. The quantitative estimate of drug-likeness (QED) is 0.279. The molecule has 0 spiro atoms. The molecule has 1 N–H and O–H groups in total. The van der Waals surface area contributed by atoms with Crippen LogP contribution in [0.1, 0.15) is 19.7 Å². The predicted octanol–water partition coefficient (Wildman–Crippen LogP) is 1.65. The van der Waals surface area contributed by atoms with Crippen molar-refractivity contribution in [2.24, 2.45) is 4.99 Å². The average molecular weight is 596 g/mol. The highest BCUT2D eigenvalue weighted by Crippen LogP contribution is 2.33. The van der Waals surface area contributed by atoms with Gasteiger partial charge in [0.05, 0.1) is 13.2 Å². The molecule has 4 rings (SSSR count). The number of ether oxygens (including phenoxy) is 1. The molecule has 11 nitrogen and oxygen atoms in total. The number of nitrogens with one attached hydrogen (secondary N) is 1. The molecule has 2 aliphatic heterocycles. The molecule has 2 atom stereocenters.